The molecule has 0 radical (unpaired) electrons. The monoisotopic (exact) mass is 348 g/mol. The number of hydrogen-bond acceptors (Lipinski definition) is 4. The van der Waals surface area contributed by atoms with Crippen molar-refractivity contribution in [3.63, 3.8) is 0 Å². The minimum Gasteiger partial charge on any atom is -0.413 e. The summed E-state index contributed by atoms with van der Waals surface area (Å²) in [5.41, 5.74) is 0. The van der Waals surface area contributed by atoms with Gasteiger partial charge in [-0.25, -0.2) is 0 Å². The Morgan fingerprint density at radius 3 is 1.09 bits per heavy atom. The largest absolute Gasteiger partial charge is 0.413 e. The van der Waals surface area contributed by atoms with Gasteiger partial charge in [-0.3, -0.25) is 0 Å². The van der Waals surface area contributed by atoms with Gasteiger partial charge in [0.2, 0.25) is 0 Å². The lowest BCUT2D eigenvalue weighted by Crippen LogP contribution is -2.41. The normalized spacial score (nSPS) is 16.4. The summed E-state index contributed by atoms with van der Waals surface area (Å²) in [6.45, 7) is 15.6. The molecule has 0 aliphatic heterocycles. The maximum atomic E-state index is 6.37. The van der Waals surface area contributed by atoms with Gasteiger partial charge in [0.25, 0.3) is 0 Å². The highest BCUT2D eigenvalue weighted by Crippen LogP contribution is 2.18. The van der Waals surface area contributed by atoms with E-state index >= 15 is 0 Å². The minimum atomic E-state index is -1.51. The Morgan fingerprint density at radius 1 is 0.636 bits per heavy atom. The number of likely N-dealkylation sites (N-methyl/N-ethyl adjacent to an activating group) is 2. The molecule has 4 nitrogen and oxygen atoms in total. The first-order chi connectivity index (χ1) is 9.78. The van der Waals surface area contributed by atoms with E-state index < -0.39 is 16.6 Å². The molecule has 0 rings (SSSR count). The Bertz CT molecular complexity index is 270. The van der Waals surface area contributed by atoms with Crippen molar-refractivity contribution in [1.82, 2.24) is 9.80 Å². The summed E-state index contributed by atoms with van der Waals surface area (Å²) >= 11 is 0. The Balaban J connectivity index is 4.64. The van der Waals surface area contributed by atoms with E-state index in [0.717, 1.165) is 25.9 Å². The van der Waals surface area contributed by atoms with Crippen LogP contribution in [-0.2, 0) is 8.85 Å². The Labute approximate surface area is 141 Å². The first-order valence-electron chi connectivity index (χ1n) is 8.43. The third kappa shape index (κ3) is 13.9. The molecule has 0 amide bonds. The Morgan fingerprint density at radius 2 is 0.909 bits per heavy atom. The van der Waals surface area contributed by atoms with Crippen LogP contribution in [0.15, 0.2) is 0 Å². The van der Waals surface area contributed by atoms with Crippen LogP contribution in [0.1, 0.15) is 12.8 Å². The van der Waals surface area contributed by atoms with E-state index in [4.69, 9.17) is 8.85 Å². The van der Waals surface area contributed by atoms with E-state index in [9.17, 15) is 0 Å². The van der Waals surface area contributed by atoms with Crippen molar-refractivity contribution in [2.75, 3.05) is 41.3 Å². The zero-order valence-electron chi connectivity index (χ0n) is 16.7. The molecule has 0 saturated carbocycles. The third-order valence-corrected chi connectivity index (χ3v) is 5.07. The van der Waals surface area contributed by atoms with Gasteiger partial charge in [-0.1, -0.05) is 0 Å². The molecular weight excluding hydrogens is 308 g/mol. The fraction of sp³-hybridized carbons (Fsp3) is 1.00. The first-order valence-corrected chi connectivity index (χ1v) is 15.3. The van der Waals surface area contributed by atoms with E-state index in [2.05, 4.69) is 77.3 Å². The molecule has 0 heterocycles. The zero-order valence-corrected chi connectivity index (χ0v) is 18.7. The second-order valence-corrected chi connectivity index (χ2v) is 17.7. The standard InChI is InChI=1S/C16H40N2O2Si2/c1-17(2)13-15(19-21(5,6)7)11-12-16(14-18(3)4)20-22(8,9)10/h15-16H,11-14H2,1-10H3. The second-order valence-electron chi connectivity index (χ2n) is 8.81. The predicted octanol–water partition coefficient (Wildman–Crippen LogP) is 3.33. The highest BCUT2D eigenvalue weighted by Gasteiger charge is 2.25. The summed E-state index contributed by atoms with van der Waals surface area (Å²) in [6, 6.07) is 0. The zero-order chi connectivity index (χ0) is 17.6. The molecule has 0 aliphatic carbocycles. The van der Waals surface area contributed by atoms with Crippen LogP contribution in [0, 0.1) is 0 Å². The number of nitrogens with zero attached hydrogens (tertiary/aromatic N) is 2. The fourth-order valence-electron chi connectivity index (χ4n) is 2.56. The molecule has 134 valence electrons. The van der Waals surface area contributed by atoms with Crippen molar-refractivity contribution in [1.29, 1.82) is 0 Å². The number of hydrogen-bond donors (Lipinski definition) is 0. The average molecular weight is 349 g/mol. The maximum Gasteiger partial charge on any atom is 0.184 e. The van der Waals surface area contributed by atoms with Gasteiger partial charge in [-0.2, -0.15) is 0 Å². The molecule has 2 unspecified atom stereocenters. The third-order valence-electron chi connectivity index (χ3n) is 2.99. The van der Waals surface area contributed by atoms with Crippen LogP contribution < -0.4 is 0 Å². The molecule has 0 aliphatic rings. The van der Waals surface area contributed by atoms with Crippen LogP contribution in [-0.4, -0.2) is 79.9 Å². The molecule has 0 aromatic rings. The molecular formula is C16H40N2O2Si2. The van der Waals surface area contributed by atoms with E-state index in [-0.39, 0.29) is 0 Å². The van der Waals surface area contributed by atoms with Crippen molar-refractivity contribution in [2.24, 2.45) is 0 Å². The molecule has 0 spiro atoms. The second kappa shape index (κ2) is 9.54. The van der Waals surface area contributed by atoms with Gasteiger partial charge in [0.1, 0.15) is 0 Å². The summed E-state index contributed by atoms with van der Waals surface area (Å²) in [5.74, 6) is 0. The first kappa shape index (κ1) is 22.3. The van der Waals surface area contributed by atoms with Gasteiger partial charge in [-0.15, -0.1) is 0 Å². The van der Waals surface area contributed by atoms with E-state index in [1.54, 1.807) is 0 Å². The molecule has 0 N–H and O–H groups in total. The summed E-state index contributed by atoms with van der Waals surface area (Å²) in [6.07, 6.45) is 2.78. The molecule has 0 bridgehead atoms. The number of rotatable bonds is 11. The summed E-state index contributed by atoms with van der Waals surface area (Å²) in [5, 5.41) is 0. The lowest BCUT2D eigenvalue weighted by Gasteiger charge is -2.32. The van der Waals surface area contributed by atoms with Crippen LogP contribution in [0.25, 0.3) is 0 Å². The van der Waals surface area contributed by atoms with Gasteiger partial charge in [0.15, 0.2) is 16.6 Å². The highest BCUT2D eigenvalue weighted by atomic mass is 28.4. The predicted molar refractivity (Wildman–Crippen MR) is 103 cm³/mol. The van der Waals surface area contributed by atoms with E-state index in [1.165, 1.54) is 0 Å². The van der Waals surface area contributed by atoms with Crippen molar-refractivity contribution in [3.05, 3.63) is 0 Å². The van der Waals surface area contributed by atoms with Crippen molar-refractivity contribution in [2.45, 2.75) is 64.3 Å². The van der Waals surface area contributed by atoms with Gasteiger partial charge in [-0.05, 0) is 80.3 Å². The summed E-state index contributed by atoms with van der Waals surface area (Å²) in [4.78, 5) is 4.45. The molecule has 2 atom stereocenters. The van der Waals surface area contributed by atoms with Crippen LogP contribution in [0.4, 0.5) is 0 Å². The van der Waals surface area contributed by atoms with Gasteiger partial charge < -0.3 is 18.7 Å². The maximum absolute atomic E-state index is 6.37. The summed E-state index contributed by atoms with van der Waals surface area (Å²) < 4.78 is 12.7. The lowest BCUT2D eigenvalue weighted by molar-refractivity contribution is 0.100. The van der Waals surface area contributed by atoms with Crippen LogP contribution in [0.5, 0.6) is 0 Å². The summed E-state index contributed by atoms with van der Waals surface area (Å²) in [7, 11) is 5.47. The lowest BCUT2D eigenvalue weighted by atomic mass is 10.1. The quantitative estimate of drug-likeness (QED) is 0.535. The molecule has 0 aromatic heterocycles. The smallest absolute Gasteiger partial charge is 0.184 e. The SMILES string of the molecule is CN(C)CC(CCC(CN(C)C)O[Si](C)(C)C)O[Si](C)(C)C. The van der Waals surface area contributed by atoms with E-state index in [1.807, 2.05) is 0 Å². The van der Waals surface area contributed by atoms with Crippen LogP contribution in [0.3, 0.4) is 0 Å². The van der Waals surface area contributed by atoms with Crippen LogP contribution in [0.2, 0.25) is 39.3 Å². The van der Waals surface area contributed by atoms with Gasteiger partial charge >= 0.3 is 0 Å². The van der Waals surface area contributed by atoms with E-state index in [0.29, 0.717) is 12.2 Å². The van der Waals surface area contributed by atoms with Crippen molar-refractivity contribution in [3.8, 4) is 0 Å². The van der Waals surface area contributed by atoms with Crippen molar-refractivity contribution >= 4 is 16.6 Å². The Hall–Kier alpha value is 0.274. The highest BCUT2D eigenvalue weighted by molar-refractivity contribution is 6.70. The van der Waals surface area contributed by atoms with Gasteiger partial charge in [0, 0.05) is 13.1 Å². The topological polar surface area (TPSA) is 24.9 Å². The fourth-order valence-corrected chi connectivity index (χ4v) is 4.95. The molecule has 6 heteroatoms. The molecule has 0 saturated heterocycles. The average Bonchev–Trinajstić information content (AvgIpc) is 2.19. The Kier molecular flexibility index (Phi) is 9.66. The molecule has 0 aromatic carbocycles. The molecule has 22 heavy (non-hydrogen) atoms. The van der Waals surface area contributed by atoms with Gasteiger partial charge in [0.05, 0.1) is 12.2 Å². The van der Waals surface area contributed by atoms with Crippen molar-refractivity contribution < 1.29 is 8.85 Å². The minimum absolute atomic E-state index is 0.316. The molecule has 0 fully saturated rings. The van der Waals surface area contributed by atoms with Crippen LogP contribution >= 0.6 is 0 Å².